The van der Waals surface area contributed by atoms with Gasteiger partial charge in [-0.15, -0.1) is 0 Å². The average molecular weight is 361 g/mol. The highest BCUT2D eigenvalue weighted by Crippen LogP contribution is 2.26. The highest BCUT2D eigenvalue weighted by atomic mass is 32.2. The summed E-state index contributed by atoms with van der Waals surface area (Å²) >= 11 is 0. The smallest absolute Gasteiger partial charge is 0.376 e. The molecule has 1 N–H and O–H groups in total. The quantitative estimate of drug-likeness (QED) is 0.606. The molecule has 12 heteroatoms. The molecule has 0 aliphatic heterocycles. The molecule has 0 aliphatic rings. The third kappa shape index (κ3) is 5.52. The van der Waals surface area contributed by atoms with Gasteiger partial charge in [0.25, 0.3) is 0 Å². The van der Waals surface area contributed by atoms with Gasteiger partial charge < -0.3 is 4.18 Å². The van der Waals surface area contributed by atoms with Crippen LogP contribution >= 0.6 is 0 Å². The predicted octanol–water partition coefficient (Wildman–Crippen LogP) is 0.533. The zero-order valence-corrected chi connectivity index (χ0v) is 12.5. The molecule has 0 spiro atoms. The molecular weight excluding hydrogens is 351 g/mol. The van der Waals surface area contributed by atoms with E-state index >= 15 is 0 Å². The molecule has 0 atom stereocenters. The summed E-state index contributed by atoms with van der Waals surface area (Å²) in [6.45, 7) is 0. The van der Waals surface area contributed by atoms with Gasteiger partial charge in [-0.05, 0) is 17.7 Å². The predicted molar refractivity (Wildman–Crippen MR) is 68.7 cm³/mol. The van der Waals surface area contributed by atoms with E-state index in [1.807, 2.05) is 0 Å². The maximum atomic E-state index is 12.1. The second-order valence-corrected chi connectivity index (χ2v) is 7.39. The molecule has 1 aromatic rings. The van der Waals surface area contributed by atoms with E-state index in [0.717, 1.165) is 30.5 Å². The number of benzene rings is 1. The summed E-state index contributed by atoms with van der Waals surface area (Å²) in [5.41, 5.74) is -5.31. The van der Waals surface area contributed by atoms with Crippen molar-refractivity contribution in [1.29, 1.82) is 0 Å². The van der Waals surface area contributed by atoms with Crippen LogP contribution in [-0.2, 0) is 31.4 Å². The summed E-state index contributed by atoms with van der Waals surface area (Å²) < 4.78 is 85.0. The van der Waals surface area contributed by atoms with Crippen LogP contribution < -0.4 is 8.91 Å². The van der Waals surface area contributed by atoms with Gasteiger partial charge in [-0.1, -0.05) is 12.1 Å². The fraction of sp³-hybridized carbons (Fsp3) is 0.300. The number of carbonyl (C=O) groups is 1. The van der Waals surface area contributed by atoms with Gasteiger partial charge in [-0.25, -0.2) is 8.42 Å². The van der Waals surface area contributed by atoms with Crippen molar-refractivity contribution in [2.24, 2.45) is 0 Å². The maximum absolute atomic E-state index is 12.1. The van der Waals surface area contributed by atoms with Crippen molar-refractivity contribution in [1.82, 2.24) is 4.72 Å². The first-order valence-electron chi connectivity index (χ1n) is 5.40. The Morgan fingerprint density at radius 2 is 1.64 bits per heavy atom. The molecule has 0 aliphatic carbocycles. The molecule has 0 saturated heterocycles. The Balaban J connectivity index is 2.78. The Morgan fingerprint density at radius 1 is 1.14 bits per heavy atom. The van der Waals surface area contributed by atoms with Crippen molar-refractivity contribution < 1.29 is 39.0 Å². The van der Waals surface area contributed by atoms with Gasteiger partial charge in [-0.2, -0.15) is 21.6 Å². The SMILES string of the molecule is CS(=O)(=O)NC(=O)Cc1ccc(OS(=O)(=O)C(F)(F)F)cc1. The van der Waals surface area contributed by atoms with Gasteiger partial charge in [0.15, 0.2) is 0 Å². The van der Waals surface area contributed by atoms with Crippen molar-refractivity contribution in [2.45, 2.75) is 11.9 Å². The van der Waals surface area contributed by atoms with Crippen molar-refractivity contribution in [2.75, 3.05) is 6.26 Å². The van der Waals surface area contributed by atoms with Gasteiger partial charge in [-0.3, -0.25) is 9.52 Å². The molecule has 0 aromatic heterocycles. The molecule has 0 saturated carbocycles. The van der Waals surface area contributed by atoms with Crippen LogP contribution in [0.3, 0.4) is 0 Å². The van der Waals surface area contributed by atoms with Crippen LogP contribution in [0.25, 0.3) is 0 Å². The zero-order valence-electron chi connectivity index (χ0n) is 10.9. The van der Waals surface area contributed by atoms with Crippen LogP contribution in [-0.4, -0.2) is 34.5 Å². The summed E-state index contributed by atoms with van der Waals surface area (Å²) in [5.74, 6) is -1.44. The number of carbonyl (C=O) groups excluding carboxylic acids is 1. The minimum Gasteiger partial charge on any atom is -0.376 e. The van der Waals surface area contributed by atoms with Crippen molar-refractivity contribution in [3.63, 3.8) is 0 Å². The molecule has 22 heavy (non-hydrogen) atoms. The van der Waals surface area contributed by atoms with Crippen LogP contribution in [0.4, 0.5) is 13.2 Å². The number of halogens is 3. The van der Waals surface area contributed by atoms with Crippen molar-refractivity contribution in [3.05, 3.63) is 29.8 Å². The highest BCUT2D eigenvalue weighted by Gasteiger charge is 2.48. The van der Waals surface area contributed by atoms with Crippen LogP contribution in [0.15, 0.2) is 24.3 Å². The largest absolute Gasteiger partial charge is 0.534 e. The van der Waals surface area contributed by atoms with E-state index in [1.165, 1.54) is 0 Å². The Kier molecular flexibility index (Phi) is 5.07. The monoisotopic (exact) mass is 361 g/mol. The summed E-state index contributed by atoms with van der Waals surface area (Å²) in [6.07, 6.45) is 0.420. The van der Waals surface area contributed by atoms with Gasteiger partial charge in [0, 0.05) is 0 Å². The van der Waals surface area contributed by atoms with E-state index in [0.29, 0.717) is 0 Å². The summed E-state index contributed by atoms with van der Waals surface area (Å²) in [6, 6.07) is 4.07. The van der Waals surface area contributed by atoms with Crippen LogP contribution in [0.1, 0.15) is 5.56 Å². The molecule has 7 nitrogen and oxygen atoms in total. The Bertz CT molecular complexity index is 753. The van der Waals surface area contributed by atoms with Gasteiger partial charge in [0.1, 0.15) is 5.75 Å². The van der Waals surface area contributed by atoms with E-state index in [1.54, 1.807) is 4.72 Å². The van der Waals surface area contributed by atoms with Gasteiger partial charge in [0.2, 0.25) is 15.9 Å². The lowest BCUT2D eigenvalue weighted by Crippen LogP contribution is -2.30. The van der Waals surface area contributed by atoms with E-state index < -0.39 is 37.3 Å². The second kappa shape index (κ2) is 6.12. The molecule has 1 amide bonds. The first kappa shape index (κ1) is 18.2. The van der Waals surface area contributed by atoms with Crippen LogP contribution in [0, 0.1) is 0 Å². The molecule has 1 aromatic carbocycles. The van der Waals surface area contributed by atoms with Crippen LogP contribution in [0.2, 0.25) is 0 Å². The lowest BCUT2D eigenvalue weighted by atomic mass is 10.1. The zero-order chi connectivity index (χ0) is 17.2. The summed E-state index contributed by atoms with van der Waals surface area (Å²) in [7, 11) is -9.49. The number of rotatable bonds is 5. The van der Waals surface area contributed by atoms with Gasteiger partial charge in [0.05, 0.1) is 12.7 Å². The topological polar surface area (TPSA) is 107 Å². The lowest BCUT2D eigenvalue weighted by molar-refractivity contribution is -0.118. The first-order valence-corrected chi connectivity index (χ1v) is 8.70. The second-order valence-electron chi connectivity index (χ2n) is 4.10. The van der Waals surface area contributed by atoms with Crippen molar-refractivity contribution in [3.8, 4) is 5.75 Å². The third-order valence-corrected chi connectivity index (χ3v) is 3.65. The van der Waals surface area contributed by atoms with E-state index in [-0.39, 0.29) is 12.0 Å². The number of amides is 1. The number of alkyl halides is 3. The molecule has 124 valence electrons. The van der Waals surface area contributed by atoms with Crippen molar-refractivity contribution >= 4 is 26.0 Å². The highest BCUT2D eigenvalue weighted by molar-refractivity contribution is 7.89. The number of sulfonamides is 1. The standard InChI is InChI=1S/C10H10F3NO6S2/c1-21(16,17)14-9(15)6-7-2-4-8(5-3-7)20-22(18,19)10(11,12)13/h2-5H,6H2,1H3,(H,14,15). The van der Waals surface area contributed by atoms with E-state index in [9.17, 15) is 34.8 Å². The maximum Gasteiger partial charge on any atom is 0.534 e. The minimum atomic E-state index is -5.77. The average Bonchev–Trinajstić information content (AvgIpc) is 2.27. The first-order chi connectivity index (χ1) is 9.80. The molecule has 0 unspecified atom stereocenters. The molecular formula is C10H10F3NO6S2. The normalized spacial score (nSPS) is 12.7. The molecule has 1 rings (SSSR count). The third-order valence-electron chi connectivity index (χ3n) is 2.08. The Labute approximate surface area is 124 Å². The summed E-state index contributed by atoms with van der Waals surface area (Å²) in [5, 5.41) is 0. The summed E-state index contributed by atoms with van der Waals surface area (Å²) in [4.78, 5) is 11.3. The Hall–Kier alpha value is -1.82. The van der Waals surface area contributed by atoms with E-state index in [4.69, 9.17) is 0 Å². The minimum absolute atomic E-state index is 0.248. The Morgan fingerprint density at radius 3 is 2.05 bits per heavy atom. The van der Waals surface area contributed by atoms with Crippen LogP contribution in [0.5, 0.6) is 5.75 Å². The fourth-order valence-electron chi connectivity index (χ4n) is 1.27. The number of nitrogens with one attached hydrogen (secondary N) is 1. The van der Waals surface area contributed by atoms with Gasteiger partial charge >= 0.3 is 15.6 Å². The lowest BCUT2D eigenvalue weighted by Gasteiger charge is -2.09. The molecule has 0 fully saturated rings. The van der Waals surface area contributed by atoms with E-state index in [2.05, 4.69) is 4.18 Å². The molecule has 0 heterocycles. The fourth-order valence-corrected chi connectivity index (χ4v) is 2.21. The molecule has 0 radical (unpaired) electrons. The number of hydrogen-bond donors (Lipinski definition) is 1. The number of hydrogen-bond acceptors (Lipinski definition) is 6. The molecule has 0 bridgehead atoms.